The van der Waals surface area contributed by atoms with Gasteiger partial charge < -0.3 is 4.74 Å². The van der Waals surface area contributed by atoms with Crippen molar-refractivity contribution in [2.24, 2.45) is 34.0 Å². The van der Waals surface area contributed by atoms with Crippen molar-refractivity contribution in [3.8, 4) is 0 Å². The van der Waals surface area contributed by atoms with Gasteiger partial charge in [-0.3, -0.25) is 14.4 Å². The van der Waals surface area contributed by atoms with E-state index in [-0.39, 0.29) is 40.9 Å². The van der Waals surface area contributed by atoms with Crippen LogP contribution in [0.5, 0.6) is 0 Å². The second-order valence-electron chi connectivity index (χ2n) is 11.2. The van der Waals surface area contributed by atoms with Crippen molar-refractivity contribution in [3.63, 3.8) is 0 Å². The van der Waals surface area contributed by atoms with Crippen molar-refractivity contribution in [3.05, 3.63) is 35.5 Å². The van der Waals surface area contributed by atoms with E-state index in [9.17, 15) is 14.4 Å². The third-order valence-corrected chi connectivity index (χ3v) is 9.80. The minimum Gasteiger partial charge on any atom is -0.458 e. The van der Waals surface area contributed by atoms with Gasteiger partial charge in [0.05, 0.1) is 0 Å². The Bertz CT molecular complexity index is 924. The summed E-state index contributed by atoms with van der Waals surface area (Å²) in [5.41, 5.74) is 1.84. The highest BCUT2D eigenvalue weighted by Crippen LogP contribution is 2.69. The van der Waals surface area contributed by atoms with Gasteiger partial charge in [0.2, 0.25) is 0 Å². The Morgan fingerprint density at radius 2 is 1.97 bits per heavy atom. The Labute approximate surface area is 192 Å². The summed E-state index contributed by atoms with van der Waals surface area (Å²) in [7, 11) is 0. The summed E-state index contributed by atoms with van der Waals surface area (Å²) in [5, 5.41) is 0. The topological polar surface area (TPSA) is 60.4 Å². The molecule has 0 heterocycles. The highest BCUT2D eigenvalue weighted by Gasteiger charge is 2.65. The van der Waals surface area contributed by atoms with Crippen LogP contribution in [0.4, 0.5) is 0 Å². The molecule has 2 unspecified atom stereocenters. The number of allylic oxidation sites excluding steroid dienone is 6. The number of ether oxygens (including phenoxy) is 1. The van der Waals surface area contributed by atoms with Crippen LogP contribution in [-0.4, -0.2) is 24.1 Å². The molecule has 4 aliphatic rings. The first-order valence-corrected chi connectivity index (χ1v) is 12.4. The SMILES string of the molecule is CCCCC(=O)OCC(=O)[C@@]1(C)[C@H](C)CC2C3CCC4=CC(=O)C=C[C@]4(C)C3=CC[C@@]21C. The zero-order valence-electron chi connectivity index (χ0n) is 20.3. The lowest BCUT2D eigenvalue weighted by atomic mass is 9.49. The Morgan fingerprint density at radius 1 is 1.22 bits per heavy atom. The van der Waals surface area contributed by atoms with E-state index in [0.717, 1.165) is 38.5 Å². The smallest absolute Gasteiger partial charge is 0.306 e. The Kier molecular flexibility index (Phi) is 5.88. The molecule has 0 aromatic rings. The lowest BCUT2D eigenvalue weighted by Crippen LogP contribution is -2.51. The lowest BCUT2D eigenvalue weighted by Gasteiger charge is -2.54. The van der Waals surface area contributed by atoms with Crippen molar-refractivity contribution in [1.29, 1.82) is 0 Å². The van der Waals surface area contributed by atoms with E-state index in [4.69, 9.17) is 4.74 Å². The molecule has 32 heavy (non-hydrogen) atoms. The van der Waals surface area contributed by atoms with E-state index >= 15 is 0 Å². The summed E-state index contributed by atoms with van der Waals surface area (Å²) in [6.07, 6.45) is 14.0. The lowest BCUT2D eigenvalue weighted by molar-refractivity contribution is -0.155. The summed E-state index contributed by atoms with van der Waals surface area (Å²) < 4.78 is 5.41. The maximum absolute atomic E-state index is 13.5. The van der Waals surface area contributed by atoms with Gasteiger partial charge in [-0.2, -0.15) is 0 Å². The summed E-state index contributed by atoms with van der Waals surface area (Å²) in [4.78, 5) is 37.5. The van der Waals surface area contributed by atoms with E-state index in [2.05, 4.69) is 39.8 Å². The minimum atomic E-state index is -0.514. The highest BCUT2D eigenvalue weighted by molar-refractivity contribution is 6.01. The molecule has 0 aromatic heterocycles. The van der Waals surface area contributed by atoms with Crippen LogP contribution < -0.4 is 0 Å². The van der Waals surface area contributed by atoms with Crippen molar-refractivity contribution in [2.45, 2.75) is 79.6 Å². The van der Waals surface area contributed by atoms with E-state index in [1.54, 1.807) is 6.08 Å². The van der Waals surface area contributed by atoms with Crippen LogP contribution in [0.3, 0.4) is 0 Å². The molecule has 4 nitrogen and oxygen atoms in total. The first kappa shape index (κ1) is 23.2. The molecular weight excluding hydrogens is 400 g/mol. The molecule has 0 radical (unpaired) electrons. The van der Waals surface area contributed by atoms with Crippen molar-refractivity contribution in [1.82, 2.24) is 0 Å². The van der Waals surface area contributed by atoms with Gasteiger partial charge in [0.15, 0.2) is 18.2 Å². The van der Waals surface area contributed by atoms with Gasteiger partial charge in [-0.25, -0.2) is 0 Å². The molecule has 0 aromatic carbocycles. The van der Waals surface area contributed by atoms with E-state index < -0.39 is 5.41 Å². The second kappa shape index (κ2) is 8.11. The molecule has 0 spiro atoms. The van der Waals surface area contributed by atoms with Crippen LogP contribution in [0.15, 0.2) is 35.5 Å². The fourth-order valence-corrected chi connectivity index (χ4v) is 7.37. The molecule has 6 atom stereocenters. The number of hydrogen-bond donors (Lipinski definition) is 0. The maximum Gasteiger partial charge on any atom is 0.306 e. The molecular formula is C28H38O4. The molecule has 0 bridgehead atoms. The number of ketones is 2. The van der Waals surface area contributed by atoms with E-state index in [1.165, 1.54) is 11.1 Å². The Morgan fingerprint density at radius 3 is 2.69 bits per heavy atom. The number of carbonyl (C=O) groups excluding carboxylic acids is 3. The molecule has 2 saturated carbocycles. The fraction of sp³-hybridized carbons (Fsp3) is 0.679. The van der Waals surface area contributed by atoms with E-state index in [0.29, 0.717) is 18.3 Å². The Hall–Kier alpha value is -1.97. The van der Waals surface area contributed by atoms with Gasteiger partial charge in [-0.05, 0) is 74.3 Å². The third-order valence-electron chi connectivity index (χ3n) is 9.80. The number of unbranched alkanes of at least 4 members (excludes halogenated alkanes) is 1. The predicted molar refractivity (Wildman–Crippen MR) is 125 cm³/mol. The number of carbonyl (C=O) groups is 3. The molecule has 4 aliphatic carbocycles. The van der Waals surface area contributed by atoms with Crippen LogP contribution in [0.25, 0.3) is 0 Å². The van der Waals surface area contributed by atoms with Crippen molar-refractivity contribution >= 4 is 17.5 Å². The number of hydrogen-bond acceptors (Lipinski definition) is 4. The summed E-state index contributed by atoms with van der Waals surface area (Å²) >= 11 is 0. The summed E-state index contributed by atoms with van der Waals surface area (Å²) in [6.45, 7) is 10.8. The third kappa shape index (κ3) is 3.28. The summed E-state index contributed by atoms with van der Waals surface area (Å²) in [5.74, 6) is 0.991. The number of esters is 1. The van der Waals surface area contributed by atoms with Gasteiger partial charge in [-0.1, -0.05) is 57.4 Å². The van der Waals surface area contributed by atoms with Crippen LogP contribution in [0.1, 0.15) is 79.6 Å². The first-order chi connectivity index (χ1) is 15.1. The monoisotopic (exact) mass is 438 g/mol. The average Bonchev–Trinajstić information content (AvgIpc) is 2.98. The van der Waals surface area contributed by atoms with Gasteiger partial charge in [0.1, 0.15) is 0 Å². The maximum atomic E-state index is 13.5. The highest BCUT2D eigenvalue weighted by atomic mass is 16.5. The summed E-state index contributed by atoms with van der Waals surface area (Å²) in [6, 6.07) is 0. The van der Waals surface area contributed by atoms with E-state index in [1.807, 2.05) is 13.0 Å². The average molecular weight is 439 g/mol. The van der Waals surface area contributed by atoms with Crippen LogP contribution >= 0.6 is 0 Å². The van der Waals surface area contributed by atoms with Crippen LogP contribution in [-0.2, 0) is 19.1 Å². The second-order valence-corrected chi connectivity index (χ2v) is 11.2. The van der Waals surface area contributed by atoms with Gasteiger partial charge in [0.25, 0.3) is 0 Å². The van der Waals surface area contributed by atoms with Crippen LogP contribution in [0.2, 0.25) is 0 Å². The number of fused-ring (bicyclic) bond motifs is 5. The number of Topliss-reactive ketones (excluding diaryl/α,β-unsaturated/α-hetero) is 1. The fourth-order valence-electron chi connectivity index (χ4n) is 7.37. The molecule has 0 saturated heterocycles. The van der Waals surface area contributed by atoms with Gasteiger partial charge in [-0.15, -0.1) is 0 Å². The Balaban J connectivity index is 1.60. The molecule has 0 aliphatic heterocycles. The molecule has 174 valence electrons. The molecule has 0 N–H and O–H groups in total. The normalized spacial score (nSPS) is 40.0. The van der Waals surface area contributed by atoms with Crippen LogP contribution in [0, 0.1) is 34.0 Å². The van der Waals surface area contributed by atoms with Crippen molar-refractivity contribution in [2.75, 3.05) is 6.61 Å². The minimum absolute atomic E-state index is 0.0717. The first-order valence-electron chi connectivity index (χ1n) is 12.4. The zero-order chi connectivity index (χ0) is 23.3. The molecule has 4 heteroatoms. The predicted octanol–water partition coefficient (Wildman–Crippen LogP) is 5.77. The largest absolute Gasteiger partial charge is 0.458 e. The quantitative estimate of drug-likeness (QED) is 0.390. The van der Waals surface area contributed by atoms with Crippen molar-refractivity contribution < 1.29 is 19.1 Å². The number of rotatable bonds is 6. The standard InChI is InChI=1S/C28H38O4/c1-6-7-8-25(31)32-17-24(30)28(5)18(2)15-23-21-10-9-19-16-20(29)11-13-26(19,3)22(21)12-14-27(23,28)4/h11-13,16,18,21,23H,6-10,14-15,17H2,1-5H3/t18-,21?,23?,26+,27+,28-/m1/s1. The van der Waals surface area contributed by atoms with Gasteiger partial charge in [0, 0.05) is 17.3 Å². The van der Waals surface area contributed by atoms with Gasteiger partial charge >= 0.3 is 5.97 Å². The zero-order valence-corrected chi connectivity index (χ0v) is 20.3. The molecule has 0 amide bonds. The molecule has 4 rings (SSSR count). The molecule has 2 fully saturated rings.